The molecule has 7 nitrogen and oxygen atoms in total. The lowest BCUT2D eigenvalue weighted by molar-refractivity contribution is 0.102. The quantitative estimate of drug-likeness (QED) is 0.246. The van der Waals surface area contributed by atoms with E-state index in [0.717, 1.165) is 0 Å². The zero-order chi connectivity index (χ0) is 22.2. The Balaban J connectivity index is 1.71. The third-order valence-corrected chi connectivity index (χ3v) is 5.49. The molecule has 1 heterocycles. The molecule has 0 saturated heterocycles. The Morgan fingerprint density at radius 2 is 1.81 bits per heavy atom. The summed E-state index contributed by atoms with van der Waals surface area (Å²) in [6.45, 7) is 6.23. The first-order valence-electron chi connectivity index (χ1n) is 9.70. The van der Waals surface area contributed by atoms with Gasteiger partial charge >= 0.3 is 0 Å². The van der Waals surface area contributed by atoms with E-state index in [-0.39, 0.29) is 17.6 Å². The number of carbonyl (C=O) groups excluding carboxylic acids is 1. The van der Waals surface area contributed by atoms with Gasteiger partial charge in [-0.2, -0.15) is 0 Å². The number of nitrogens with zero attached hydrogens (tertiary/aromatic N) is 3. The SMILES string of the molecule is C=CCn1c(SCC(=O)c2ccc(OC)cc2)nnc1C(C)Oc1cccc(OC)c1. The predicted octanol–water partition coefficient (Wildman–Crippen LogP) is 4.60. The molecule has 0 bridgehead atoms. The second-order valence-electron chi connectivity index (χ2n) is 6.62. The molecule has 0 spiro atoms. The van der Waals surface area contributed by atoms with E-state index in [1.165, 1.54) is 11.8 Å². The Morgan fingerprint density at radius 1 is 1.10 bits per heavy atom. The summed E-state index contributed by atoms with van der Waals surface area (Å²) in [5.41, 5.74) is 0.623. The van der Waals surface area contributed by atoms with Gasteiger partial charge in [-0.15, -0.1) is 16.8 Å². The number of allylic oxidation sites excluding steroid dienone is 1. The minimum absolute atomic E-state index is 0.00281. The van der Waals surface area contributed by atoms with E-state index in [1.54, 1.807) is 44.6 Å². The summed E-state index contributed by atoms with van der Waals surface area (Å²) in [4.78, 5) is 12.6. The second-order valence-corrected chi connectivity index (χ2v) is 7.56. The second kappa shape index (κ2) is 10.7. The minimum atomic E-state index is -0.355. The van der Waals surface area contributed by atoms with Crippen molar-refractivity contribution in [2.24, 2.45) is 0 Å². The molecule has 3 rings (SSSR count). The summed E-state index contributed by atoms with van der Waals surface area (Å²) >= 11 is 1.34. The number of methoxy groups -OCH3 is 2. The van der Waals surface area contributed by atoms with Crippen molar-refractivity contribution >= 4 is 17.5 Å². The fraction of sp³-hybridized carbons (Fsp3) is 0.261. The van der Waals surface area contributed by atoms with E-state index < -0.39 is 0 Å². The van der Waals surface area contributed by atoms with Crippen LogP contribution in [-0.4, -0.2) is 40.5 Å². The number of hydrogen-bond donors (Lipinski definition) is 0. The van der Waals surface area contributed by atoms with Crippen LogP contribution in [0.4, 0.5) is 0 Å². The molecule has 31 heavy (non-hydrogen) atoms. The van der Waals surface area contributed by atoms with E-state index in [0.29, 0.717) is 40.3 Å². The molecule has 0 N–H and O–H groups in total. The number of benzene rings is 2. The Morgan fingerprint density at radius 3 is 2.48 bits per heavy atom. The minimum Gasteiger partial charge on any atom is -0.497 e. The first-order chi connectivity index (χ1) is 15.0. The molecule has 8 heteroatoms. The number of ether oxygens (including phenoxy) is 3. The van der Waals surface area contributed by atoms with E-state index in [4.69, 9.17) is 14.2 Å². The average molecular weight is 440 g/mol. The van der Waals surface area contributed by atoms with Crippen molar-refractivity contribution in [1.29, 1.82) is 0 Å². The van der Waals surface area contributed by atoms with Gasteiger partial charge in [0.15, 0.2) is 22.9 Å². The summed E-state index contributed by atoms with van der Waals surface area (Å²) in [6, 6.07) is 14.4. The molecule has 3 aromatic rings. The molecular formula is C23H25N3O4S. The van der Waals surface area contributed by atoms with E-state index in [2.05, 4.69) is 16.8 Å². The Labute approximate surface area is 186 Å². The molecule has 0 aliphatic rings. The Hall–Kier alpha value is -3.26. The van der Waals surface area contributed by atoms with Crippen molar-refractivity contribution in [1.82, 2.24) is 14.8 Å². The van der Waals surface area contributed by atoms with E-state index in [9.17, 15) is 4.79 Å². The number of carbonyl (C=O) groups is 1. The largest absolute Gasteiger partial charge is 0.497 e. The van der Waals surface area contributed by atoms with Gasteiger partial charge in [-0.1, -0.05) is 23.9 Å². The smallest absolute Gasteiger partial charge is 0.192 e. The maximum Gasteiger partial charge on any atom is 0.192 e. The van der Waals surface area contributed by atoms with E-state index in [1.807, 2.05) is 35.8 Å². The maximum atomic E-state index is 12.6. The topological polar surface area (TPSA) is 75.5 Å². The van der Waals surface area contributed by atoms with Gasteiger partial charge in [0.2, 0.25) is 0 Å². The molecule has 0 fully saturated rings. The lowest BCUT2D eigenvalue weighted by Gasteiger charge is -2.16. The van der Waals surface area contributed by atoms with Crippen LogP contribution >= 0.6 is 11.8 Å². The third kappa shape index (κ3) is 5.67. The van der Waals surface area contributed by atoms with Crippen LogP contribution in [0.25, 0.3) is 0 Å². The van der Waals surface area contributed by atoms with Gasteiger partial charge in [0, 0.05) is 18.2 Å². The fourth-order valence-electron chi connectivity index (χ4n) is 2.93. The average Bonchev–Trinajstić information content (AvgIpc) is 3.20. The van der Waals surface area contributed by atoms with Gasteiger partial charge in [-0.3, -0.25) is 9.36 Å². The van der Waals surface area contributed by atoms with Gasteiger partial charge in [0.05, 0.1) is 20.0 Å². The van der Waals surface area contributed by atoms with Crippen LogP contribution in [0.3, 0.4) is 0 Å². The fourth-order valence-corrected chi connectivity index (χ4v) is 3.78. The highest BCUT2D eigenvalue weighted by atomic mass is 32.2. The highest BCUT2D eigenvalue weighted by molar-refractivity contribution is 7.99. The summed E-state index contributed by atoms with van der Waals surface area (Å²) in [6.07, 6.45) is 1.41. The number of thioether (sulfide) groups is 1. The lowest BCUT2D eigenvalue weighted by Crippen LogP contribution is -2.12. The molecule has 2 aromatic carbocycles. The molecule has 0 saturated carbocycles. The van der Waals surface area contributed by atoms with Crippen LogP contribution in [0.2, 0.25) is 0 Å². The van der Waals surface area contributed by atoms with Gasteiger partial charge in [-0.05, 0) is 43.3 Å². The van der Waals surface area contributed by atoms with Crippen molar-refractivity contribution in [3.8, 4) is 17.2 Å². The van der Waals surface area contributed by atoms with Crippen LogP contribution < -0.4 is 14.2 Å². The molecular weight excluding hydrogens is 414 g/mol. The van der Waals surface area contributed by atoms with Crippen LogP contribution in [0.1, 0.15) is 29.2 Å². The van der Waals surface area contributed by atoms with Gasteiger partial charge in [0.1, 0.15) is 17.2 Å². The standard InChI is InChI=1S/C23H25N3O4S/c1-5-13-26-22(16(2)30-20-8-6-7-19(14-20)29-4)24-25-23(26)31-15-21(27)17-9-11-18(28-3)12-10-17/h5-12,14,16H,1,13,15H2,2-4H3. The zero-order valence-corrected chi connectivity index (χ0v) is 18.6. The van der Waals surface area contributed by atoms with Crippen molar-refractivity contribution in [2.75, 3.05) is 20.0 Å². The Kier molecular flexibility index (Phi) is 7.72. The molecule has 0 amide bonds. The maximum absolute atomic E-state index is 12.6. The van der Waals surface area contributed by atoms with Crippen LogP contribution in [0, 0.1) is 0 Å². The van der Waals surface area contributed by atoms with Crippen molar-refractivity contribution in [2.45, 2.75) is 24.7 Å². The summed E-state index contributed by atoms with van der Waals surface area (Å²) in [7, 11) is 3.20. The summed E-state index contributed by atoms with van der Waals surface area (Å²) < 4.78 is 18.3. The molecule has 0 aliphatic carbocycles. The highest BCUT2D eigenvalue weighted by Gasteiger charge is 2.20. The van der Waals surface area contributed by atoms with Crippen molar-refractivity contribution in [3.05, 3.63) is 72.6 Å². The van der Waals surface area contributed by atoms with Crippen LogP contribution in [-0.2, 0) is 6.54 Å². The number of aromatic nitrogens is 3. The first kappa shape index (κ1) is 22.4. The van der Waals surface area contributed by atoms with Gasteiger partial charge < -0.3 is 14.2 Å². The molecule has 1 unspecified atom stereocenters. The van der Waals surface area contributed by atoms with E-state index >= 15 is 0 Å². The molecule has 1 aromatic heterocycles. The predicted molar refractivity (Wildman–Crippen MR) is 120 cm³/mol. The molecule has 162 valence electrons. The third-order valence-electron chi connectivity index (χ3n) is 4.52. The summed E-state index contributed by atoms with van der Waals surface area (Å²) in [5.74, 6) is 3.00. The van der Waals surface area contributed by atoms with Gasteiger partial charge in [0.25, 0.3) is 0 Å². The molecule has 1 atom stereocenters. The highest BCUT2D eigenvalue weighted by Crippen LogP contribution is 2.27. The number of ketones is 1. The normalized spacial score (nSPS) is 11.6. The zero-order valence-electron chi connectivity index (χ0n) is 17.8. The Bertz CT molecular complexity index is 1030. The number of hydrogen-bond acceptors (Lipinski definition) is 7. The number of Topliss-reactive ketones (excluding diaryl/α,β-unsaturated/α-hetero) is 1. The van der Waals surface area contributed by atoms with Crippen molar-refractivity contribution in [3.63, 3.8) is 0 Å². The summed E-state index contributed by atoms with van der Waals surface area (Å²) in [5, 5.41) is 9.22. The molecule has 0 aliphatic heterocycles. The monoisotopic (exact) mass is 439 g/mol. The number of rotatable bonds is 11. The van der Waals surface area contributed by atoms with Crippen molar-refractivity contribution < 1.29 is 19.0 Å². The first-order valence-corrected chi connectivity index (χ1v) is 10.7. The van der Waals surface area contributed by atoms with Crippen LogP contribution in [0.15, 0.2) is 66.3 Å². The van der Waals surface area contributed by atoms with Gasteiger partial charge in [-0.25, -0.2) is 0 Å². The molecule has 0 radical (unpaired) electrons. The lowest BCUT2D eigenvalue weighted by atomic mass is 10.1. The van der Waals surface area contributed by atoms with Crippen LogP contribution in [0.5, 0.6) is 17.2 Å².